The molecule has 3 aliphatic rings. The monoisotopic (exact) mass is 408 g/mol. The molecule has 7 heteroatoms. The molecule has 0 N–H and O–H groups in total. The van der Waals surface area contributed by atoms with Gasteiger partial charge in [0.25, 0.3) is 5.91 Å². The van der Waals surface area contributed by atoms with Gasteiger partial charge in [-0.25, -0.2) is 0 Å². The van der Waals surface area contributed by atoms with Gasteiger partial charge >= 0.3 is 0 Å². The molecule has 0 bridgehead atoms. The van der Waals surface area contributed by atoms with Gasteiger partial charge in [0.2, 0.25) is 5.91 Å². The number of carbonyl (C=O) groups excluding carboxylic acids is 2. The fraction of sp³-hybridized carbons (Fsp3) is 0.714. The van der Waals surface area contributed by atoms with Gasteiger partial charge in [-0.3, -0.25) is 19.4 Å². The second kappa shape index (κ2) is 11.6. The average Bonchev–Trinajstić information content (AvgIpc) is 2.76. The quantitative estimate of drug-likeness (QED) is 0.714. The van der Waals surface area contributed by atoms with E-state index in [1.54, 1.807) is 0 Å². The molecule has 0 aromatic carbocycles. The van der Waals surface area contributed by atoms with E-state index in [4.69, 9.17) is 0 Å². The number of hydrogen-bond acceptors (Lipinski definition) is 5. The molecule has 0 atom stereocenters. The number of allylic oxidation sites excluding steroid dienone is 2. The van der Waals surface area contributed by atoms with Gasteiger partial charge in [0.15, 0.2) is 0 Å². The lowest BCUT2D eigenvalue weighted by Crippen LogP contribution is -2.55. The van der Waals surface area contributed by atoms with Crippen molar-refractivity contribution < 1.29 is 9.59 Å². The predicted molar refractivity (Wildman–Crippen MR) is 117 cm³/mol. The molecular weight excluding hydrogens is 372 g/mol. The largest absolute Gasteiger partial charge is 0.339 e. The molecule has 28 heavy (non-hydrogen) atoms. The van der Waals surface area contributed by atoms with Gasteiger partial charge in [-0.15, -0.1) is 0 Å². The lowest BCUT2D eigenvalue weighted by atomic mass is 10.2. The van der Waals surface area contributed by atoms with Crippen LogP contribution in [0.25, 0.3) is 0 Å². The van der Waals surface area contributed by atoms with E-state index < -0.39 is 0 Å². The smallest absolute Gasteiger partial charge is 0.260 e. The van der Waals surface area contributed by atoms with Gasteiger partial charge in [0, 0.05) is 58.4 Å². The fourth-order valence-corrected chi connectivity index (χ4v) is 4.36. The number of hydrogen-bond donors (Lipinski definition) is 0. The van der Waals surface area contributed by atoms with Crippen molar-refractivity contribution in [2.45, 2.75) is 40.2 Å². The average molecular weight is 409 g/mol. The second-order valence-electron chi connectivity index (χ2n) is 7.37. The highest BCUT2D eigenvalue weighted by Gasteiger charge is 2.27. The maximum atomic E-state index is 12.6. The SMILES string of the molecule is CC.CC(C)N1CCN(C(=O)CN2CCN(C(=O)C3=CCC=CS3)CC2)CC1. The van der Waals surface area contributed by atoms with Crippen molar-refractivity contribution in [3.63, 3.8) is 0 Å². The van der Waals surface area contributed by atoms with Gasteiger partial charge in [-0.1, -0.05) is 37.8 Å². The molecule has 3 rings (SSSR count). The molecule has 158 valence electrons. The summed E-state index contributed by atoms with van der Waals surface area (Å²) in [7, 11) is 0. The first-order valence-corrected chi connectivity index (χ1v) is 11.5. The Morgan fingerprint density at radius 3 is 2.11 bits per heavy atom. The third-order valence-electron chi connectivity index (χ3n) is 5.36. The van der Waals surface area contributed by atoms with Crippen LogP contribution < -0.4 is 0 Å². The van der Waals surface area contributed by atoms with Crippen molar-refractivity contribution in [1.82, 2.24) is 19.6 Å². The van der Waals surface area contributed by atoms with Crippen molar-refractivity contribution >= 4 is 23.6 Å². The Bertz CT molecular complexity index is 575. The van der Waals surface area contributed by atoms with Gasteiger partial charge in [-0.2, -0.15) is 0 Å². The van der Waals surface area contributed by atoms with Crippen molar-refractivity contribution in [3.8, 4) is 0 Å². The first kappa shape index (κ1) is 23.0. The van der Waals surface area contributed by atoms with Crippen LogP contribution in [0.2, 0.25) is 0 Å². The van der Waals surface area contributed by atoms with Crippen LogP contribution in [0.1, 0.15) is 34.1 Å². The summed E-state index contributed by atoms with van der Waals surface area (Å²) in [5, 5.41) is 1.99. The number of carbonyl (C=O) groups is 2. The lowest BCUT2D eigenvalue weighted by Gasteiger charge is -2.39. The zero-order chi connectivity index (χ0) is 20.5. The Morgan fingerprint density at radius 1 is 0.964 bits per heavy atom. The van der Waals surface area contributed by atoms with Crippen LogP contribution in [-0.4, -0.2) is 96.4 Å². The van der Waals surface area contributed by atoms with Crippen LogP contribution in [0.4, 0.5) is 0 Å². The molecule has 2 saturated heterocycles. The van der Waals surface area contributed by atoms with E-state index in [0.717, 1.165) is 50.6 Å². The highest BCUT2D eigenvalue weighted by atomic mass is 32.2. The van der Waals surface area contributed by atoms with Crippen LogP contribution >= 0.6 is 11.8 Å². The molecule has 0 aliphatic carbocycles. The van der Waals surface area contributed by atoms with E-state index in [2.05, 4.69) is 29.7 Å². The summed E-state index contributed by atoms with van der Waals surface area (Å²) < 4.78 is 0. The van der Waals surface area contributed by atoms with E-state index in [1.807, 2.05) is 35.1 Å². The van der Waals surface area contributed by atoms with Crippen molar-refractivity contribution in [1.29, 1.82) is 0 Å². The summed E-state index contributed by atoms with van der Waals surface area (Å²) in [6.45, 7) is 15.4. The Hall–Kier alpha value is -1.31. The van der Waals surface area contributed by atoms with Gasteiger partial charge in [0.05, 0.1) is 11.4 Å². The Labute approximate surface area is 174 Å². The third-order valence-corrected chi connectivity index (χ3v) is 6.28. The third kappa shape index (κ3) is 6.36. The topological polar surface area (TPSA) is 47.1 Å². The molecule has 3 aliphatic heterocycles. The first-order chi connectivity index (χ1) is 13.5. The minimum absolute atomic E-state index is 0.134. The van der Waals surface area contributed by atoms with E-state index in [1.165, 1.54) is 11.8 Å². The normalized spacial score (nSPS) is 21.2. The molecular formula is C21H36N4O2S. The number of piperazine rings is 2. The standard InChI is InChI=1S/C19H30N4O2S.C2H6/c1-16(2)21-10-12-22(13-11-21)18(24)15-20-6-8-23(9-7-20)19(25)17-5-3-4-14-26-17;1-2/h4-5,14,16H,3,6-13,15H2,1-2H3;1-2H3. The molecule has 3 heterocycles. The Morgan fingerprint density at radius 2 is 1.57 bits per heavy atom. The lowest BCUT2D eigenvalue weighted by molar-refractivity contribution is -0.135. The Balaban J connectivity index is 0.00000136. The zero-order valence-corrected chi connectivity index (χ0v) is 18.7. The van der Waals surface area contributed by atoms with E-state index >= 15 is 0 Å². The summed E-state index contributed by atoms with van der Waals surface area (Å²) in [5.41, 5.74) is 0. The van der Waals surface area contributed by atoms with E-state index in [-0.39, 0.29) is 11.8 Å². The zero-order valence-electron chi connectivity index (χ0n) is 17.9. The number of rotatable bonds is 4. The number of amides is 2. The molecule has 0 saturated carbocycles. The maximum Gasteiger partial charge on any atom is 0.260 e. The first-order valence-electron chi connectivity index (χ1n) is 10.6. The summed E-state index contributed by atoms with van der Waals surface area (Å²) in [5.74, 6) is 0.360. The minimum atomic E-state index is 0.134. The molecule has 0 unspecified atom stereocenters. The molecule has 2 fully saturated rings. The predicted octanol–water partition coefficient (Wildman–Crippen LogP) is 2.24. The summed E-state index contributed by atoms with van der Waals surface area (Å²) in [4.78, 5) is 34.4. The van der Waals surface area contributed by atoms with Crippen molar-refractivity contribution in [3.05, 3.63) is 22.5 Å². The van der Waals surface area contributed by atoms with Gasteiger partial charge in [0.1, 0.15) is 0 Å². The number of nitrogens with zero attached hydrogens (tertiary/aromatic N) is 4. The summed E-state index contributed by atoms with van der Waals surface area (Å²) >= 11 is 1.51. The van der Waals surface area contributed by atoms with E-state index in [0.29, 0.717) is 25.7 Å². The molecule has 6 nitrogen and oxygen atoms in total. The highest BCUT2D eigenvalue weighted by molar-refractivity contribution is 8.06. The van der Waals surface area contributed by atoms with E-state index in [9.17, 15) is 9.59 Å². The maximum absolute atomic E-state index is 12.6. The van der Waals surface area contributed by atoms with Crippen molar-refractivity contribution in [2.24, 2.45) is 0 Å². The summed E-state index contributed by atoms with van der Waals surface area (Å²) in [6.07, 6.45) is 4.90. The molecule has 0 aromatic heterocycles. The molecule has 2 amide bonds. The molecule has 0 spiro atoms. The van der Waals surface area contributed by atoms with Crippen LogP contribution in [-0.2, 0) is 9.59 Å². The van der Waals surface area contributed by atoms with Crippen LogP contribution in [0.15, 0.2) is 22.5 Å². The number of thioether (sulfide) groups is 1. The van der Waals surface area contributed by atoms with Gasteiger partial charge in [-0.05, 0) is 25.7 Å². The van der Waals surface area contributed by atoms with Crippen molar-refractivity contribution in [2.75, 3.05) is 58.9 Å². The highest BCUT2D eigenvalue weighted by Crippen LogP contribution is 2.25. The second-order valence-corrected chi connectivity index (χ2v) is 8.32. The molecule has 0 radical (unpaired) electrons. The Kier molecular flexibility index (Phi) is 9.55. The van der Waals surface area contributed by atoms with Crippen LogP contribution in [0.5, 0.6) is 0 Å². The molecule has 0 aromatic rings. The van der Waals surface area contributed by atoms with Crippen LogP contribution in [0.3, 0.4) is 0 Å². The fourth-order valence-electron chi connectivity index (χ4n) is 3.58. The van der Waals surface area contributed by atoms with Gasteiger partial charge < -0.3 is 9.80 Å². The summed E-state index contributed by atoms with van der Waals surface area (Å²) in [6, 6.07) is 0.547. The minimum Gasteiger partial charge on any atom is -0.339 e. The van der Waals surface area contributed by atoms with Crippen LogP contribution in [0, 0.1) is 0 Å².